The van der Waals surface area contributed by atoms with Crippen molar-refractivity contribution in [2.24, 2.45) is 0 Å². The van der Waals surface area contributed by atoms with Gasteiger partial charge in [-0.25, -0.2) is 4.68 Å². The third-order valence-electron chi connectivity index (χ3n) is 2.48. The first-order valence-electron chi connectivity index (χ1n) is 5.46. The third-order valence-corrected chi connectivity index (χ3v) is 2.48. The van der Waals surface area contributed by atoms with Crippen molar-refractivity contribution in [3.8, 4) is 5.69 Å². The van der Waals surface area contributed by atoms with Gasteiger partial charge in [-0.2, -0.15) is 0 Å². The molecular weight excluding hydrogens is 234 g/mol. The molecule has 0 radical (unpaired) electrons. The van der Waals surface area contributed by atoms with Crippen molar-refractivity contribution in [1.29, 1.82) is 0 Å². The Morgan fingerprint density at radius 2 is 1.94 bits per heavy atom. The molecule has 2 rings (SSSR count). The summed E-state index contributed by atoms with van der Waals surface area (Å²) in [7, 11) is 3.22. The van der Waals surface area contributed by atoms with E-state index in [0.29, 0.717) is 6.54 Å². The van der Waals surface area contributed by atoms with E-state index in [9.17, 15) is 0 Å². The smallest absolute Gasteiger partial charge is 0.173 e. The highest BCUT2D eigenvalue weighted by atomic mass is 16.7. The quantitative estimate of drug-likeness (QED) is 0.759. The molecule has 0 aliphatic carbocycles. The Kier molecular flexibility index (Phi) is 4.21. The molecule has 0 saturated carbocycles. The van der Waals surface area contributed by atoms with Crippen LogP contribution in [0.4, 0.5) is 5.69 Å². The monoisotopic (exact) mass is 249 g/mol. The average Bonchev–Trinajstić information content (AvgIpc) is 2.94. The van der Waals surface area contributed by atoms with E-state index in [1.807, 2.05) is 24.3 Å². The predicted octanol–water partition coefficient (Wildman–Crippen LogP) is 0.693. The fourth-order valence-corrected chi connectivity index (χ4v) is 1.48. The fraction of sp³-hybridized carbons (Fsp3) is 0.364. The minimum Gasteiger partial charge on any atom is -0.380 e. The molecular formula is C11H15N5O2. The summed E-state index contributed by atoms with van der Waals surface area (Å²) < 4.78 is 11.8. The summed E-state index contributed by atoms with van der Waals surface area (Å²) in [6.07, 6.45) is 1.29. The lowest BCUT2D eigenvalue weighted by molar-refractivity contribution is -0.0914. The van der Waals surface area contributed by atoms with Crippen LogP contribution in [0.3, 0.4) is 0 Å². The summed E-state index contributed by atoms with van der Waals surface area (Å²) in [5, 5.41) is 14.2. The second-order valence-corrected chi connectivity index (χ2v) is 3.58. The predicted molar refractivity (Wildman–Crippen MR) is 65.4 cm³/mol. The van der Waals surface area contributed by atoms with Gasteiger partial charge in [-0.15, -0.1) is 5.10 Å². The van der Waals surface area contributed by atoms with Gasteiger partial charge in [0.05, 0.1) is 12.2 Å². The Labute approximate surface area is 105 Å². The average molecular weight is 249 g/mol. The summed E-state index contributed by atoms with van der Waals surface area (Å²) in [6.45, 7) is 0.581. The topological polar surface area (TPSA) is 74.1 Å². The van der Waals surface area contributed by atoms with Crippen LogP contribution in [-0.2, 0) is 9.47 Å². The van der Waals surface area contributed by atoms with Crippen LogP contribution in [0.15, 0.2) is 30.6 Å². The van der Waals surface area contributed by atoms with Crippen molar-refractivity contribution in [1.82, 2.24) is 20.2 Å². The second-order valence-electron chi connectivity index (χ2n) is 3.58. The Bertz CT molecular complexity index is 453. The van der Waals surface area contributed by atoms with Crippen molar-refractivity contribution in [3.63, 3.8) is 0 Å². The number of tetrazole rings is 1. The lowest BCUT2D eigenvalue weighted by Crippen LogP contribution is -2.23. The van der Waals surface area contributed by atoms with Crippen molar-refractivity contribution < 1.29 is 9.47 Å². The molecule has 1 aromatic carbocycles. The lowest BCUT2D eigenvalue weighted by Gasteiger charge is -2.15. The van der Waals surface area contributed by atoms with E-state index in [1.165, 1.54) is 0 Å². The van der Waals surface area contributed by atoms with Crippen LogP contribution in [0.25, 0.3) is 5.69 Å². The van der Waals surface area contributed by atoms with E-state index in [1.54, 1.807) is 25.2 Å². The van der Waals surface area contributed by atoms with Crippen LogP contribution in [0.5, 0.6) is 0 Å². The normalized spacial score (nSPS) is 10.8. The van der Waals surface area contributed by atoms with Gasteiger partial charge in [0.1, 0.15) is 6.33 Å². The van der Waals surface area contributed by atoms with Crippen LogP contribution in [0, 0.1) is 0 Å². The van der Waals surface area contributed by atoms with Gasteiger partial charge in [-0.1, -0.05) is 0 Å². The minimum atomic E-state index is -0.260. The van der Waals surface area contributed by atoms with E-state index in [0.717, 1.165) is 11.4 Å². The van der Waals surface area contributed by atoms with E-state index in [2.05, 4.69) is 20.8 Å². The van der Waals surface area contributed by atoms with E-state index in [4.69, 9.17) is 9.47 Å². The number of anilines is 1. The maximum absolute atomic E-state index is 5.09. The number of benzene rings is 1. The SMILES string of the molecule is COC(CNc1ccc(-n2cnnn2)cc1)OC. The highest BCUT2D eigenvalue weighted by Crippen LogP contribution is 2.12. The van der Waals surface area contributed by atoms with Gasteiger partial charge in [0, 0.05) is 19.9 Å². The van der Waals surface area contributed by atoms with Crippen LogP contribution in [0.2, 0.25) is 0 Å². The van der Waals surface area contributed by atoms with E-state index >= 15 is 0 Å². The number of hydrogen-bond donors (Lipinski definition) is 1. The van der Waals surface area contributed by atoms with Crippen molar-refractivity contribution in [2.75, 3.05) is 26.1 Å². The first-order valence-corrected chi connectivity index (χ1v) is 5.46. The van der Waals surface area contributed by atoms with Crippen molar-refractivity contribution in [2.45, 2.75) is 6.29 Å². The van der Waals surface area contributed by atoms with Gasteiger partial charge in [-0.05, 0) is 34.7 Å². The maximum Gasteiger partial charge on any atom is 0.173 e. The molecule has 0 amide bonds. The van der Waals surface area contributed by atoms with E-state index < -0.39 is 0 Å². The molecule has 0 atom stereocenters. The van der Waals surface area contributed by atoms with Gasteiger partial charge in [0.2, 0.25) is 0 Å². The molecule has 96 valence electrons. The second kappa shape index (κ2) is 6.08. The molecule has 0 fully saturated rings. The number of methoxy groups -OCH3 is 2. The largest absolute Gasteiger partial charge is 0.380 e. The van der Waals surface area contributed by atoms with Crippen molar-refractivity contribution >= 4 is 5.69 Å². The van der Waals surface area contributed by atoms with E-state index in [-0.39, 0.29) is 6.29 Å². The van der Waals surface area contributed by atoms with Gasteiger partial charge < -0.3 is 14.8 Å². The van der Waals surface area contributed by atoms with Crippen LogP contribution >= 0.6 is 0 Å². The third kappa shape index (κ3) is 3.02. The number of ether oxygens (including phenoxy) is 2. The number of nitrogens with one attached hydrogen (secondary N) is 1. The Hall–Kier alpha value is -1.99. The summed E-state index contributed by atoms with van der Waals surface area (Å²) >= 11 is 0. The van der Waals surface area contributed by atoms with Gasteiger partial charge in [-0.3, -0.25) is 0 Å². The zero-order valence-electron chi connectivity index (χ0n) is 10.3. The minimum absolute atomic E-state index is 0.260. The standard InChI is InChI=1S/C11H15N5O2/c1-17-11(18-2)7-12-9-3-5-10(6-4-9)16-8-13-14-15-16/h3-6,8,11-12H,7H2,1-2H3. The molecule has 7 heteroatoms. The maximum atomic E-state index is 5.09. The molecule has 1 heterocycles. The van der Waals surface area contributed by atoms with Crippen LogP contribution < -0.4 is 5.32 Å². The molecule has 0 spiro atoms. The zero-order chi connectivity index (χ0) is 12.8. The molecule has 1 N–H and O–H groups in total. The highest BCUT2D eigenvalue weighted by molar-refractivity contribution is 5.48. The fourth-order valence-electron chi connectivity index (χ4n) is 1.48. The molecule has 0 saturated heterocycles. The number of rotatable bonds is 6. The van der Waals surface area contributed by atoms with Crippen LogP contribution in [0.1, 0.15) is 0 Å². The lowest BCUT2D eigenvalue weighted by atomic mass is 10.3. The molecule has 7 nitrogen and oxygen atoms in total. The molecule has 18 heavy (non-hydrogen) atoms. The molecule has 0 aliphatic heterocycles. The Balaban J connectivity index is 1.96. The Morgan fingerprint density at radius 1 is 1.22 bits per heavy atom. The summed E-state index contributed by atoms with van der Waals surface area (Å²) in [5.74, 6) is 0. The van der Waals surface area contributed by atoms with Crippen molar-refractivity contribution in [3.05, 3.63) is 30.6 Å². The number of nitrogens with zero attached hydrogens (tertiary/aromatic N) is 4. The molecule has 0 unspecified atom stereocenters. The Morgan fingerprint density at radius 3 is 2.50 bits per heavy atom. The van der Waals surface area contributed by atoms with Gasteiger partial charge in [0.15, 0.2) is 6.29 Å². The summed E-state index contributed by atoms with van der Waals surface area (Å²) in [6, 6.07) is 7.74. The molecule has 2 aromatic rings. The van der Waals surface area contributed by atoms with Crippen LogP contribution in [-0.4, -0.2) is 47.3 Å². The zero-order valence-corrected chi connectivity index (χ0v) is 10.3. The molecule has 0 bridgehead atoms. The molecule has 1 aromatic heterocycles. The summed E-state index contributed by atoms with van der Waals surface area (Å²) in [5.41, 5.74) is 1.88. The highest BCUT2D eigenvalue weighted by Gasteiger charge is 2.04. The van der Waals surface area contributed by atoms with Gasteiger partial charge >= 0.3 is 0 Å². The number of aromatic nitrogens is 4. The number of hydrogen-bond acceptors (Lipinski definition) is 6. The first-order chi connectivity index (χ1) is 8.83. The summed E-state index contributed by atoms with van der Waals surface area (Å²) in [4.78, 5) is 0. The molecule has 0 aliphatic rings. The first kappa shape index (κ1) is 12.5. The van der Waals surface area contributed by atoms with Gasteiger partial charge in [0.25, 0.3) is 0 Å².